The molecule has 6 heteroatoms. The van der Waals surface area contributed by atoms with E-state index in [0.717, 1.165) is 5.56 Å². The molecule has 2 N–H and O–H groups in total. The number of rotatable bonds is 6. The molecule has 130 valence electrons. The van der Waals surface area contributed by atoms with E-state index < -0.39 is 5.60 Å². The van der Waals surface area contributed by atoms with E-state index in [1.165, 1.54) is 0 Å². The Kier molecular flexibility index (Phi) is 4.72. The van der Waals surface area contributed by atoms with E-state index in [2.05, 4.69) is 10.5 Å². The van der Waals surface area contributed by atoms with E-state index in [1.807, 2.05) is 30.3 Å². The van der Waals surface area contributed by atoms with Crippen molar-refractivity contribution in [1.29, 1.82) is 0 Å². The first-order valence-electron chi connectivity index (χ1n) is 8.01. The largest absolute Gasteiger partial charge is 0.463 e. The van der Waals surface area contributed by atoms with Gasteiger partial charge in [-0.25, -0.2) is 0 Å². The number of aryl methyl sites for hydroxylation is 1. The number of carbonyl (C=O) groups excluding carboxylic acids is 1. The van der Waals surface area contributed by atoms with Crippen LogP contribution in [0.5, 0.6) is 0 Å². The van der Waals surface area contributed by atoms with Crippen molar-refractivity contribution in [3.8, 4) is 11.3 Å². The molecule has 25 heavy (non-hydrogen) atoms. The van der Waals surface area contributed by atoms with Gasteiger partial charge >= 0.3 is 0 Å². The topological polar surface area (TPSA) is 88.5 Å². The first-order valence-corrected chi connectivity index (χ1v) is 8.01. The van der Waals surface area contributed by atoms with Crippen LogP contribution in [0.1, 0.15) is 24.1 Å². The number of aromatic nitrogens is 1. The molecule has 0 bridgehead atoms. The molecule has 1 unspecified atom stereocenters. The van der Waals surface area contributed by atoms with E-state index in [9.17, 15) is 9.90 Å². The van der Waals surface area contributed by atoms with Gasteiger partial charge in [0, 0.05) is 11.6 Å². The Morgan fingerprint density at radius 1 is 1.24 bits per heavy atom. The van der Waals surface area contributed by atoms with Gasteiger partial charge in [-0.05, 0) is 26.0 Å². The highest BCUT2D eigenvalue weighted by Crippen LogP contribution is 2.22. The molecule has 1 atom stereocenters. The lowest BCUT2D eigenvalue weighted by Crippen LogP contribution is -2.39. The summed E-state index contributed by atoms with van der Waals surface area (Å²) in [5, 5.41) is 17.0. The van der Waals surface area contributed by atoms with Crippen LogP contribution in [0.15, 0.2) is 57.5 Å². The number of carbonyl (C=O) groups is 1. The fourth-order valence-corrected chi connectivity index (χ4v) is 2.44. The second-order valence-corrected chi connectivity index (χ2v) is 6.19. The molecule has 0 spiro atoms. The molecule has 0 radical (unpaired) electrons. The lowest BCUT2D eigenvalue weighted by Gasteiger charge is -2.21. The number of aliphatic hydroxyl groups is 1. The summed E-state index contributed by atoms with van der Waals surface area (Å²) in [7, 11) is 0. The lowest BCUT2D eigenvalue weighted by atomic mass is 10.0. The highest BCUT2D eigenvalue weighted by molar-refractivity contribution is 5.78. The standard InChI is InChI=1S/C19H20N2O4/c1-13-8-9-17(24-13)19(2,23)12-20-18(22)11-15-10-16(25-21-15)14-6-4-3-5-7-14/h3-10,23H,11-12H2,1-2H3,(H,20,22). The molecule has 3 rings (SSSR count). The Bertz CT molecular complexity index is 849. The molecule has 6 nitrogen and oxygen atoms in total. The van der Waals surface area contributed by atoms with Gasteiger partial charge < -0.3 is 19.4 Å². The maximum atomic E-state index is 12.1. The van der Waals surface area contributed by atoms with Gasteiger partial charge in [0.05, 0.1) is 18.7 Å². The molecule has 0 saturated heterocycles. The summed E-state index contributed by atoms with van der Waals surface area (Å²) < 4.78 is 10.7. The molecule has 0 aliphatic carbocycles. The molecule has 2 aromatic heterocycles. The summed E-state index contributed by atoms with van der Waals surface area (Å²) in [5.74, 6) is 1.48. The number of hydrogen-bond donors (Lipinski definition) is 2. The Labute approximate surface area is 145 Å². The summed E-state index contributed by atoms with van der Waals surface area (Å²) >= 11 is 0. The molecule has 0 aliphatic rings. The predicted molar refractivity (Wildman–Crippen MR) is 91.7 cm³/mol. The van der Waals surface area contributed by atoms with Crippen LogP contribution in [-0.4, -0.2) is 22.7 Å². The molecule has 3 aromatic rings. The van der Waals surface area contributed by atoms with Crippen molar-refractivity contribution in [3.05, 3.63) is 65.7 Å². The lowest BCUT2D eigenvalue weighted by molar-refractivity contribution is -0.121. The van der Waals surface area contributed by atoms with Crippen molar-refractivity contribution in [2.24, 2.45) is 0 Å². The highest BCUT2D eigenvalue weighted by Gasteiger charge is 2.27. The minimum absolute atomic E-state index is 0.0438. The Hall–Kier alpha value is -2.86. The van der Waals surface area contributed by atoms with Crippen LogP contribution >= 0.6 is 0 Å². The minimum Gasteiger partial charge on any atom is -0.463 e. The Morgan fingerprint density at radius 3 is 2.68 bits per heavy atom. The van der Waals surface area contributed by atoms with E-state index >= 15 is 0 Å². The number of furan rings is 1. The first-order chi connectivity index (χ1) is 11.9. The van der Waals surface area contributed by atoms with Crippen molar-refractivity contribution in [3.63, 3.8) is 0 Å². The van der Waals surface area contributed by atoms with Crippen molar-refractivity contribution in [2.75, 3.05) is 6.54 Å². The van der Waals surface area contributed by atoms with Crippen LogP contribution in [0.4, 0.5) is 0 Å². The van der Waals surface area contributed by atoms with Gasteiger partial charge in [0.25, 0.3) is 0 Å². The van der Waals surface area contributed by atoms with Crippen molar-refractivity contribution in [2.45, 2.75) is 25.9 Å². The zero-order chi connectivity index (χ0) is 17.9. The van der Waals surface area contributed by atoms with E-state index in [4.69, 9.17) is 8.94 Å². The second-order valence-electron chi connectivity index (χ2n) is 6.19. The molecule has 0 saturated carbocycles. The zero-order valence-corrected chi connectivity index (χ0v) is 14.2. The molecule has 2 heterocycles. The van der Waals surface area contributed by atoms with Gasteiger partial charge in [0.2, 0.25) is 5.91 Å². The van der Waals surface area contributed by atoms with Crippen LogP contribution in [-0.2, 0) is 16.8 Å². The maximum Gasteiger partial charge on any atom is 0.226 e. The third kappa shape index (κ3) is 4.16. The van der Waals surface area contributed by atoms with E-state index in [1.54, 1.807) is 32.0 Å². The van der Waals surface area contributed by atoms with Crippen molar-refractivity contribution < 1.29 is 18.8 Å². The second kappa shape index (κ2) is 6.94. The number of hydrogen-bond acceptors (Lipinski definition) is 5. The predicted octanol–water partition coefficient (Wildman–Crippen LogP) is 2.81. The average Bonchev–Trinajstić information content (AvgIpc) is 3.23. The number of amides is 1. The number of nitrogens with one attached hydrogen (secondary N) is 1. The van der Waals surface area contributed by atoms with E-state index in [-0.39, 0.29) is 18.9 Å². The normalized spacial score (nSPS) is 13.4. The number of benzene rings is 1. The fourth-order valence-electron chi connectivity index (χ4n) is 2.44. The van der Waals surface area contributed by atoms with Crippen LogP contribution in [0.2, 0.25) is 0 Å². The van der Waals surface area contributed by atoms with Crippen LogP contribution in [0, 0.1) is 6.92 Å². The van der Waals surface area contributed by atoms with Gasteiger partial charge in [-0.3, -0.25) is 4.79 Å². The first kappa shape index (κ1) is 17.0. The average molecular weight is 340 g/mol. The number of nitrogens with zero attached hydrogens (tertiary/aromatic N) is 1. The van der Waals surface area contributed by atoms with Gasteiger partial charge in [-0.15, -0.1) is 0 Å². The quantitative estimate of drug-likeness (QED) is 0.720. The summed E-state index contributed by atoms with van der Waals surface area (Å²) in [4.78, 5) is 12.1. The van der Waals surface area contributed by atoms with Crippen LogP contribution in [0.25, 0.3) is 11.3 Å². The third-order valence-electron chi connectivity index (χ3n) is 3.86. The monoisotopic (exact) mass is 340 g/mol. The summed E-state index contributed by atoms with van der Waals surface area (Å²) in [6, 6.07) is 14.8. The fraction of sp³-hybridized carbons (Fsp3) is 0.263. The van der Waals surface area contributed by atoms with Crippen LogP contribution in [0.3, 0.4) is 0 Å². The van der Waals surface area contributed by atoms with Crippen molar-refractivity contribution >= 4 is 5.91 Å². The molecular formula is C19H20N2O4. The molecule has 1 aromatic carbocycles. The highest BCUT2D eigenvalue weighted by atomic mass is 16.5. The SMILES string of the molecule is Cc1ccc(C(C)(O)CNC(=O)Cc2cc(-c3ccccc3)on2)o1. The minimum atomic E-state index is -1.27. The summed E-state index contributed by atoms with van der Waals surface area (Å²) in [6.07, 6.45) is 0.0730. The zero-order valence-electron chi connectivity index (χ0n) is 14.2. The van der Waals surface area contributed by atoms with E-state index in [0.29, 0.717) is 23.0 Å². The third-order valence-corrected chi connectivity index (χ3v) is 3.86. The summed E-state index contributed by atoms with van der Waals surface area (Å²) in [6.45, 7) is 3.43. The maximum absolute atomic E-state index is 12.1. The summed E-state index contributed by atoms with van der Waals surface area (Å²) in [5.41, 5.74) is 0.158. The van der Waals surface area contributed by atoms with Gasteiger partial charge in [0.1, 0.15) is 17.1 Å². The Morgan fingerprint density at radius 2 is 2.00 bits per heavy atom. The smallest absolute Gasteiger partial charge is 0.226 e. The van der Waals surface area contributed by atoms with Gasteiger partial charge in [0.15, 0.2) is 5.76 Å². The molecule has 1 amide bonds. The van der Waals surface area contributed by atoms with Gasteiger partial charge in [-0.1, -0.05) is 35.5 Å². The van der Waals surface area contributed by atoms with Crippen LogP contribution < -0.4 is 5.32 Å². The molecule has 0 fully saturated rings. The molecule has 0 aliphatic heterocycles. The Balaban J connectivity index is 1.57. The van der Waals surface area contributed by atoms with Crippen molar-refractivity contribution in [1.82, 2.24) is 10.5 Å². The molecular weight excluding hydrogens is 320 g/mol. The van der Waals surface area contributed by atoms with Gasteiger partial charge in [-0.2, -0.15) is 0 Å².